The zero-order valence-electron chi connectivity index (χ0n) is 13.8. The maximum Gasteiger partial charge on any atom is 0.240 e. The standard InChI is InChI=1S/C17H20N4O3S/c1-13(20-25(23,24)14-6-3-2-4-7-14)12-21-11-5-8-16(21)15-9-10-17(22)19-18-15/h2-8,11,13,20H,9-10,12H2,1H3,(H,19,22). The van der Waals surface area contributed by atoms with E-state index in [2.05, 4.69) is 15.2 Å². The molecule has 0 radical (unpaired) electrons. The van der Waals surface area contributed by atoms with Crippen LogP contribution in [-0.2, 0) is 21.4 Å². The zero-order chi connectivity index (χ0) is 17.9. The Morgan fingerprint density at radius 1 is 1.20 bits per heavy atom. The second-order valence-electron chi connectivity index (χ2n) is 5.97. The summed E-state index contributed by atoms with van der Waals surface area (Å²) in [5.41, 5.74) is 4.16. The lowest BCUT2D eigenvalue weighted by atomic mass is 10.1. The van der Waals surface area contributed by atoms with Gasteiger partial charge in [-0.2, -0.15) is 5.10 Å². The van der Waals surface area contributed by atoms with Crippen LogP contribution < -0.4 is 10.1 Å². The van der Waals surface area contributed by atoms with Crippen molar-refractivity contribution < 1.29 is 13.2 Å². The molecule has 0 spiro atoms. The molecule has 2 aromatic rings. The van der Waals surface area contributed by atoms with Gasteiger partial charge in [-0.25, -0.2) is 18.6 Å². The molecular formula is C17H20N4O3S. The van der Waals surface area contributed by atoms with Crippen molar-refractivity contribution in [2.45, 2.75) is 37.2 Å². The Kier molecular flexibility index (Phi) is 5.00. The second-order valence-corrected chi connectivity index (χ2v) is 7.69. The minimum atomic E-state index is -3.56. The molecule has 1 unspecified atom stereocenters. The minimum Gasteiger partial charge on any atom is -0.345 e. The number of hydrazone groups is 1. The van der Waals surface area contributed by atoms with E-state index in [1.807, 2.05) is 29.8 Å². The number of carbonyl (C=O) groups is 1. The van der Waals surface area contributed by atoms with Crippen molar-refractivity contribution in [2.75, 3.05) is 0 Å². The first kappa shape index (κ1) is 17.4. The summed E-state index contributed by atoms with van der Waals surface area (Å²) < 4.78 is 29.4. The Morgan fingerprint density at radius 3 is 2.64 bits per heavy atom. The predicted molar refractivity (Wildman–Crippen MR) is 94.6 cm³/mol. The smallest absolute Gasteiger partial charge is 0.240 e. The van der Waals surface area contributed by atoms with Gasteiger partial charge in [-0.15, -0.1) is 0 Å². The van der Waals surface area contributed by atoms with Crippen molar-refractivity contribution in [3.63, 3.8) is 0 Å². The molecule has 2 N–H and O–H groups in total. The molecular weight excluding hydrogens is 340 g/mol. The number of sulfonamides is 1. The maximum atomic E-state index is 12.4. The van der Waals surface area contributed by atoms with Gasteiger partial charge < -0.3 is 4.57 Å². The molecule has 0 saturated heterocycles. The first-order valence-corrected chi connectivity index (χ1v) is 9.52. The Bertz CT molecular complexity index is 888. The van der Waals surface area contributed by atoms with Gasteiger partial charge in [0.05, 0.1) is 16.3 Å². The van der Waals surface area contributed by atoms with Crippen LogP contribution in [0.15, 0.2) is 58.7 Å². The third kappa shape index (κ3) is 4.15. The van der Waals surface area contributed by atoms with E-state index >= 15 is 0 Å². The molecule has 1 aromatic heterocycles. The molecule has 0 fully saturated rings. The number of nitrogens with zero attached hydrogens (tertiary/aromatic N) is 2. The predicted octanol–water partition coefficient (Wildman–Crippen LogP) is 1.47. The van der Waals surface area contributed by atoms with Gasteiger partial charge in [0.2, 0.25) is 15.9 Å². The van der Waals surface area contributed by atoms with E-state index in [1.165, 1.54) is 0 Å². The van der Waals surface area contributed by atoms with Crippen LogP contribution >= 0.6 is 0 Å². The average Bonchev–Trinajstić information content (AvgIpc) is 3.04. The van der Waals surface area contributed by atoms with Crippen LogP contribution in [-0.4, -0.2) is 30.6 Å². The number of benzene rings is 1. The van der Waals surface area contributed by atoms with Gasteiger partial charge in [-0.1, -0.05) is 18.2 Å². The van der Waals surface area contributed by atoms with Crippen LogP contribution in [0.25, 0.3) is 0 Å². The topological polar surface area (TPSA) is 92.6 Å². The first-order chi connectivity index (χ1) is 12.0. The third-order valence-electron chi connectivity index (χ3n) is 3.91. The SMILES string of the molecule is CC(Cn1cccc1C1=NNC(=O)CC1)NS(=O)(=O)c1ccccc1. The summed E-state index contributed by atoms with van der Waals surface area (Å²) in [4.78, 5) is 11.5. The van der Waals surface area contributed by atoms with Crippen LogP contribution in [0.1, 0.15) is 25.5 Å². The average molecular weight is 360 g/mol. The highest BCUT2D eigenvalue weighted by Gasteiger charge is 2.20. The molecule has 1 aliphatic rings. The van der Waals surface area contributed by atoms with Crippen LogP contribution in [0.4, 0.5) is 0 Å². The van der Waals surface area contributed by atoms with Crippen molar-refractivity contribution in [3.8, 4) is 0 Å². The number of rotatable bonds is 6. The lowest BCUT2D eigenvalue weighted by Gasteiger charge is -2.19. The number of aromatic nitrogens is 1. The molecule has 1 atom stereocenters. The monoisotopic (exact) mass is 360 g/mol. The number of hydrogen-bond donors (Lipinski definition) is 2. The molecule has 0 aliphatic carbocycles. The summed E-state index contributed by atoms with van der Waals surface area (Å²) in [6, 6.07) is 11.8. The van der Waals surface area contributed by atoms with Gasteiger partial charge in [0.15, 0.2) is 0 Å². The van der Waals surface area contributed by atoms with Gasteiger partial charge in [-0.3, -0.25) is 4.79 Å². The highest BCUT2D eigenvalue weighted by molar-refractivity contribution is 7.89. The lowest BCUT2D eigenvalue weighted by Crippen LogP contribution is -2.36. The highest BCUT2D eigenvalue weighted by atomic mass is 32.2. The van der Waals surface area contributed by atoms with E-state index in [9.17, 15) is 13.2 Å². The van der Waals surface area contributed by atoms with Crippen LogP contribution in [0.3, 0.4) is 0 Å². The quantitative estimate of drug-likeness (QED) is 0.817. The lowest BCUT2D eigenvalue weighted by molar-refractivity contribution is -0.121. The third-order valence-corrected chi connectivity index (χ3v) is 5.52. The second kappa shape index (κ2) is 7.20. The van der Waals surface area contributed by atoms with Crippen LogP contribution in [0.5, 0.6) is 0 Å². The van der Waals surface area contributed by atoms with E-state index in [0.717, 1.165) is 11.4 Å². The van der Waals surface area contributed by atoms with Gasteiger partial charge in [0.25, 0.3) is 0 Å². The van der Waals surface area contributed by atoms with Gasteiger partial charge >= 0.3 is 0 Å². The van der Waals surface area contributed by atoms with E-state index in [1.54, 1.807) is 30.3 Å². The van der Waals surface area contributed by atoms with Crippen molar-refractivity contribution in [1.29, 1.82) is 0 Å². The van der Waals surface area contributed by atoms with Crippen LogP contribution in [0, 0.1) is 0 Å². The van der Waals surface area contributed by atoms with Gasteiger partial charge in [0, 0.05) is 31.6 Å². The molecule has 1 aliphatic heterocycles. The molecule has 1 aromatic carbocycles. The molecule has 0 bridgehead atoms. The Hall–Kier alpha value is -2.45. The molecule has 25 heavy (non-hydrogen) atoms. The Morgan fingerprint density at radius 2 is 1.96 bits per heavy atom. The molecule has 8 heteroatoms. The number of hydrogen-bond acceptors (Lipinski definition) is 4. The van der Waals surface area contributed by atoms with E-state index in [4.69, 9.17) is 0 Å². The Labute approximate surface area is 146 Å². The van der Waals surface area contributed by atoms with Crippen molar-refractivity contribution >= 4 is 21.6 Å². The summed E-state index contributed by atoms with van der Waals surface area (Å²) in [6.45, 7) is 2.27. The molecule has 0 saturated carbocycles. The number of carbonyl (C=O) groups excluding carboxylic acids is 1. The zero-order valence-corrected chi connectivity index (χ0v) is 14.7. The summed E-state index contributed by atoms with van der Waals surface area (Å²) in [7, 11) is -3.56. The number of nitrogens with one attached hydrogen (secondary N) is 2. The van der Waals surface area contributed by atoms with E-state index < -0.39 is 10.0 Å². The minimum absolute atomic E-state index is 0.0918. The molecule has 3 rings (SSSR count). The normalized spacial score (nSPS) is 16.2. The van der Waals surface area contributed by atoms with Gasteiger partial charge in [-0.05, 0) is 31.2 Å². The fourth-order valence-electron chi connectivity index (χ4n) is 2.76. The Balaban J connectivity index is 1.71. The van der Waals surface area contributed by atoms with Crippen molar-refractivity contribution in [3.05, 3.63) is 54.4 Å². The van der Waals surface area contributed by atoms with Crippen molar-refractivity contribution in [2.24, 2.45) is 5.10 Å². The first-order valence-electron chi connectivity index (χ1n) is 8.04. The fraction of sp³-hybridized carbons (Fsp3) is 0.294. The van der Waals surface area contributed by atoms with Gasteiger partial charge in [0.1, 0.15) is 0 Å². The summed E-state index contributed by atoms with van der Waals surface area (Å²) in [5, 5.41) is 4.10. The van der Waals surface area contributed by atoms with E-state index in [0.29, 0.717) is 19.4 Å². The summed E-state index contributed by atoms with van der Waals surface area (Å²) in [6.07, 6.45) is 2.85. The molecule has 1 amide bonds. The summed E-state index contributed by atoms with van der Waals surface area (Å²) in [5.74, 6) is -0.0918. The van der Waals surface area contributed by atoms with Crippen molar-refractivity contribution in [1.82, 2.24) is 14.7 Å². The van der Waals surface area contributed by atoms with Crippen LogP contribution in [0.2, 0.25) is 0 Å². The number of amides is 1. The largest absolute Gasteiger partial charge is 0.345 e. The fourth-order valence-corrected chi connectivity index (χ4v) is 4.01. The molecule has 7 nitrogen and oxygen atoms in total. The molecule has 132 valence electrons. The maximum absolute atomic E-state index is 12.4. The summed E-state index contributed by atoms with van der Waals surface area (Å²) >= 11 is 0. The molecule has 2 heterocycles. The van der Waals surface area contributed by atoms with E-state index in [-0.39, 0.29) is 16.8 Å². The highest BCUT2D eigenvalue weighted by Crippen LogP contribution is 2.13.